The summed E-state index contributed by atoms with van der Waals surface area (Å²) in [5, 5.41) is 5.82. The smallest absolute Gasteiger partial charge is 0.320 e. The van der Waals surface area contributed by atoms with Crippen molar-refractivity contribution in [1.82, 2.24) is 14.9 Å². The fraction of sp³-hybridized carbons (Fsp3) is 0.158. The highest BCUT2D eigenvalue weighted by atomic mass is 16.5. The Morgan fingerprint density at radius 3 is 2.64 bits per heavy atom. The molecule has 3 rings (SSSR count). The molecule has 0 saturated carbocycles. The van der Waals surface area contributed by atoms with Gasteiger partial charge in [-0.25, -0.2) is 9.78 Å². The number of hydrogen-bond acceptors (Lipinski definition) is 3. The molecule has 0 aliphatic carbocycles. The van der Waals surface area contributed by atoms with Crippen molar-refractivity contribution in [2.24, 2.45) is 7.05 Å². The van der Waals surface area contributed by atoms with Crippen LogP contribution in [0.3, 0.4) is 0 Å². The number of rotatable bonds is 5. The number of methoxy groups -OCH3 is 1. The van der Waals surface area contributed by atoms with E-state index in [1.807, 2.05) is 72.4 Å². The average Bonchev–Trinajstić information content (AvgIpc) is 3.06. The Bertz CT molecular complexity index is 845. The molecule has 2 aromatic carbocycles. The Labute approximate surface area is 146 Å². The van der Waals surface area contributed by atoms with E-state index in [1.165, 1.54) is 0 Å². The summed E-state index contributed by atoms with van der Waals surface area (Å²) in [5.74, 6) is 1.46. The van der Waals surface area contributed by atoms with Gasteiger partial charge < -0.3 is 19.9 Å². The van der Waals surface area contributed by atoms with Crippen molar-refractivity contribution in [3.63, 3.8) is 0 Å². The van der Waals surface area contributed by atoms with E-state index in [2.05, 4.69) is 15.6 Å². The maximum Gasteiger partial charge on any atom is 0.320 e. The number of ether oxygens (including phenoxy) is 1. The lowest BCUT2D eigenvalue weighted by molar-refractivity contribution is 0.249. The predicted octanol–water partition coefficient (Wildman–Crippen LogP) is 3.34. The summed E-state index contributed by atoms with van der Waals surface area (Å²) in [5.41, 5.74) is 1.61. The van der Waals surface area contributed by atoms with E-state index >= 15 is 0 Å². The van der Waals surface area contributed by atoms with Crippen molar-refractivity contribution in [3.8, 4) is 5.75 Å². The Morgan fingerprint density at radius 1 is 1.16 bits per heavy atom. The van der Waals surface area contributed by atoms with Gasteiger partial charge in [-0.1, -0.05) is 30.3 Å². The molecule has 1 aromatic heterocycles. The van der Waals surface area contributed by atoms with Gasteiger partial charge >= 0.3 is 6.03 Å². The van der Waals surface area contributed by atoms with Crippen LogP contribution >= 0.6 is 0 Å². The molecule has 25 heavy (non-hydrogen) atoms. The van der Waals surface area contributed by atoms with Gasteiger partial charge in [0.05, 0.1) is 7.11 Å². The molecular formula is C19H20N4O2. The number of nitrogens with one attached hydrogen (secondary N) is 2. The number of anilines is 1. The fourth-order valence-corrected chi connectivity index (χ4v) is 2.59. The second kappa shape index (κ2) is 7.53. The van der Waals surface area contributed by atoms with Crippen molar-refractivity contribution < 1.29 is 9.53 Å². The van der Waals surface area contributed by atoms with Crippen molar-refractivity contribution in [3.05, 3.63) is 78.4 Å². The van der Waals surface area contributed by atoms with Crippen molar-refractivity contribution in [1.29, 1.82) is 0 Å². The topological polar surface area (TPSA) is 68.2 Å². The second-order valence-electron chi connectivity index (χ2n) is 5.57. The minimum atomic E-state index is -0.404. The third kappa shape index (κ3) is 3.98. The van der Waals surface area contributed by atoms with Crippen LogP contribution in [0.5, 0.6) is 5.75 Å². The first-order valence-electron chi connectivity index (χ1n) is 7.91. The maximum atomic E-state index is 12.5. The lowest BCUT2D eigenvalue weighted by atomic mass is 10.1. The molecule has 0 spiro atoms. The molecule has 0 bridgehead atoms. The summed E-state index contributed by atoms with van der Waals surface area (Å²) in [6, 6.07) is 16.2. The highest BCUT2D eigenvalue weighted by Crippen LogP contribution is 2.24. The lowest BCUT2D eigenvalue weighted by Crippen LogP contribution is -2.34. The molecule has 6 heteroatoms. The molecule has 1 heterocycles. The van der Waals surface area contributed by atoms with Crippen LogP contribution in [0.1, 0.15) is 17.4 Å². The molecule has 0 radical (unpaired) electrons. The number of carbonyl (C=O) groups is 1. The first kappa shape index (κ1) is 16.6. The molecule has 128 valence electrons. The minimum Gasteiger partial charge on any atom is -0.497 e. The van der Waals surface area contributed by atoms with Gasteiger partial charge in [-0.15, -0.1) is 0 Å². The first-order chi connectivity index (χ1) is 12.2. The zero-order chi connectivity index (χ0) is 17.6. The molecule has 3 aromatic rings. The first-order valence-corrected chi connectivity index (χ1v) is 7.91. The van der Waals surface area contributed by atoms with E-state index in [-0.39, 0.29) is 6.03 Å². The number of hydrogen-bond donors (Lipinski definition) is 2. The third-order valence-electron chi connectivity index (χ3n) is 3.85. The highest BCUT2D eigenvalue weighted by Gasteiger charge is 2.21. The predicted molar refractivity (Wildman–Crippen MR) is 96.6 cm³/mol. The van der Waals surface area contributed by atoms with E-state index < -0.39 is 6.04 Å². The second-order valence-corrected chi connectivity index (χ2v) is 5.57. The summed E-state index contributed by atoms with van der Waals surface area (Å²) < 4.78 is 7.18. The molecule has 2 amide bonds. The fourth-order valence-electron chi connectivity index (χ4n) is 2.59. The number of amides is 2. The SMILES string of the molecule is COc1cccc([C@@H](NC(=O)Nc2ccccc2)c2nccn2C)c1. The summed E-state index contributed by atoms with van der Waals surface area (Å²) in [4.78, 5) is 16.9. The van der Waals surface area contributed by atoms with Gasteiger partial charge in [0.25, 0.3) is 0 Å². The Kier molecular flexibility index (Phi) is 4.99. The van der Waals surface area contributed by atoms with E-state index in [4.69, 9.17) is 4.74 Å². The average molecular weight is 336 g/mol. The summed E-state index contributed by atoms with van der Waals surface area (Å²) >= 11 is 0. The Hall–Kier alpha value is -3.28. The van der Waals surface area contributed by atoms with Crippen molar-refractivity contribution >= 4 is 11.7 Å². The van der Waals surface area contributed by atoms with E-state index in [9.17, 15) is 4.79 Å². The van der Waals surface area contributed by atoms with E-state index in [1.54, 1.807) is 13.3 Å². The van der Waals surface area contributed by atoms with Crippen LogP contribution in [0.15, 0.2) is 67.0 Å². The number of para-hydroxylation sites is 1. The Balaban J connectivity index is 1.86. The van der Waals surface area contributed by atoms with E-state index in [0.717, 1.165) is 22.8 Å². The van der Waals surface area contributed by atoms with Crippen molar-refractivity contribution in [2.45, 2.75) is 6.04 Å². The molecule has 0 unspecified atom stereocenters. The molecule has 1 atom stereocenters. The zero-order valence-corrected chi connectivity index (χ0v) is 14.1. The van der Waals surface area contributed by atoms with Gasteiger partial charge in [0, 0.05) is 25.1 Å². The molecule has 0 fully saturated rings. The largest absolute Gasteiger partial charge is 0.497 e. The van der Waals surface area contributed by atoms with Gasteiger partial charge in [0.2, 0.25) is 0 Å². The molecule has 0 aliphatic rings. The van der Waals surface area contributed by atoms with Gasteiger partial charge in [0.15, 0.2) is 0 Å². The number of imidazole rings is 1. The van der Waals surface area contributed by atoms with Gasteiger partial charge in [-0.2, -0.15) is 0 Å². The van der Waals surface area contributed by atoms with Gasteiger partial charge in [0.1, 0.15) is 17.6 Å². The Morgan fingerprint density at radius 2 is 1.96 bits per heavy atom. The molecular weight excluding hydrogens is 316 g/mol. The van der Waals surface area contributed by atoms with Crippen LogP contribution in [0, 0.1) is 0 Å². The number of aryl methyl sites for hydroxylation is 1. The summed E-state index contributed by atoms with van der Waals surface area (Å²) in [6.45, 7) is 0. The van der Waals surface area contributed by atoms with Crippen LogP contribution in [0.25, 0.3) is 0 Å². The molecule has 0 saturated heterocycles. The normalized spacial score (nSPS) is 11.6. The standard InChI is InChI=1S/C19H20N4O2/c1-23-12-11-20-18(23)17(14-7-6-10-16(13-14)25-2)22-19(24)21-15-8-4-3-5-9-15/h3-13,17H,1-2H3,(H2,21,22,24)/t17-/m1/s1. The van der Waals surface area contributed by atoms with Crippen LogP contribution in [0.2, 0.25) is 0 Å². The molecule has 0 aliphatic heterocycles. The zero-order valence-electron chi connectivity index (χ0n) is 14.1. The molecule has 6 nitrogen and oxygen atoms in total. The number of benzene rings is 2. The molecule has 2 N–H and O–H groups in total. The number of carbonyl (C=O) groups excluding carboxylic acids is 1. The third-order valence-corrected chi connectivity index (χ3v) is 3.85. The number of aromatic nitrogens is 2. The number of nitrogens with zero attached hydrogens (tertiary/aromatic N) is 2. The summed E-state index contributed by atoms with van der Waals surface area (Å²) in [6.07, 6.45) is 3.55. The van der Waals surface area contributed by atoms with Crippen LogP contribution < -0.4 is 15.4 Å². The number of urea groups is 1. The van der Waals surface area contributed by atoms with Gasteiger partial charge in [-0.05, 0) is 29.8 Å². The minimum absolute atomic E-state index is 0.304. The van der Waals surface area contributed by atoms with Crippen molar-refractivity contribution in [2.75, 3.05) is 12.4 Å². The van der Waals surface area contributed by atoms with Gasteiger partial charge in [-0.3, -0.25) is 0 Å². The monoisotopic (exact) mass is 336 g/mol. The van der Waals surface area contributed by atoms with Crippen LogP contribution in [-0.4, -0.2) is 22.7 Å². The maximum absolute atomic E-state index is 12.5. The van der Waals surface area contributed by atoms with Crippen LogP contribution in [0.4, 0.5) is 10.5 Å². The quantitative estimate of drug-likeness (QED) is 0.751. The lowest BCUT2D eigenvalue weighted by Gasteiger charge is -2.20. The summed E-state index contributed by atoms with van der Waals surface area (Å²) in [7, 11) is 3.51. The van der Waals surface area contributed by atoms with E-state index in [0.29, 0.717) is 0 Å². The van der Waals surface area contributed by atoms with Crippen LogP contribution in [-0.2, 0) is 7.05 Å². The highest BCUT2D eigenvalue weighted by molar-refractivity contribution is 5.89.